The van der Waals surface area contributed by atoms with Crippen molar-refractivity contribution in [3.63, 3.8) is 0 Å². The predicted molar refractivity (Wildman–Crippen MR) is 90.6 cm³/mol. The van der Waals surface area contributed by atoms with Gasteiger partial charge in [-0.3, -0.25) is 4.79 Å². The lowest BCUT2D eigenvalue weighted by Gasteiger charge is -2.33. The Morgan fingerprint density at radius 1 is 1.36 bits per heavy atom. The fourth-order valence-corrected chi connectivity index (χ4v) is 4.51. The number of amides is 1. The average molecular weight is 338 g/mol. The maximum Gasteiger partial charge on any atom is 0.234 e. The highest BCUT2D eigenvalue weighted by Gasteiger charge is 2.69. The van der Waals surface area contributed by atoms with Crippen molar-refractivity contribution in [3.8, 4) is 0 Å². The summed E-state index contributed by atoms with van der Waals surface area (Å²) in [4.78, 5) is 26.6. The topological polar surface area (TPSA) is 69.7 Å². The molecule has 0 aliphatic carbocycles. The molecular formula is C20H20NO4-. The zero-order valence-electron chi connectivity index (χ0n) is 14.3. The summed E-state index contributed by atoms with van der Waals surface area (Å²) in [6, 6.07) is 7.35. The molecule has 3 aliphatic heterocycles. The normalized spacial score (nSPS) is 35.3. The minimum atomic E-state index is -1.23. The van der Waals surface area contributed by atoms with Crippen molar-refractivity contribution in [1.29, 1.82) is 0 Å². The lowest BCUT2D eigenvalue weighted by atomic mass is 9.74. The quantitative estimate of drug-likeness (QED) is 0.778. The molecule has 2 bridgehead atoms. The van der Waals surface area contributed by atoms with Crippen molar-refractivity contribution in [1.82, 2.24) is 0 Å². The Hall–Kier alpha value is -2.40. The molecule has 130 valence electrons. The van der Waals surface area contributed by atoms with Crippen LogP contribution < -0.4 is 10.0 Å². The van der Waals surface area contributed by atoms with E-state index in [4.69, 9.17) is 4.74 Å². The largest absolute Gasteiger partial charge is 0.550 e. The van der Waals surface area contributed by atoms with Crippen LogP contribution >= 0.6 is 0 Å². The van der Waals surface area contributed by atoms with E-state index in [-0.39, 0.29) is 11.9 Å². The number of carbonyl (C=O) groups is 2. The van der Waals surface area contributed by atoms with Gasteiger partial charge in [-0.25, -0.2) is 0 Å². The van der Waals surface area contributed by atoms with E-state index in [9.17, 15) is 14.7 Å². The van der Waals surface area contributed by atoms with E-state index in [0.29, 0.717) is 6.42 Å². The van der Waals surface area contributed by atoms with Gasteiger partial charge in [-0.15, -0.1) is 6.58 Å². The van der Waals surface area contributed by atoms with Gasteiger partial charge in [0.05, 0.1) is 18.1 Å². The van der Waals surface area contributed by atoms with Crippen LogP contribution in [0.2, 0.25) is 0 Å². The van der Waals surface area contributed by atoms with Crippen molar-refractivity contribution in [2.75, 3.05) is 4.90 Å². The van der Waals surface area contributed by atoms with Crippen molar-refractivity contribution >= 4 is 17.6 Å². The van der Waals surface area contributed by atoms with Gasteiger partial charge < -0.3 is 19.5 Å². The van der Waals surface area contributed by atoms with E-state index in [2.05, 4.69) is 6.58 Å². The number of nitrogens with zero attached hydrogens (tertiary/aromatic N) is 1. The van der Waals surface area contributed by atoms with Gasteiger partial charge in [0.1, 0.15) is 5.60 Å². The van der Waals surface area contributed by atoms with Crippen LogP contribution in [-0.2, 0) is 14.3 Å². The first kappa shape index (κ1) is 16.1. The zero-order chi connectivity index (χ0) is 17.9. The van der Waals surface area contributed by atoms with Crippen LogP contribution in [0.5, 0.6) is 0 Å². The molecule has 0 saturated carbocycles. The molecule has 5 heteroatoms. The molecule has 0 unspecified atom stereocenters. The number of anilines is 1. The molecule has 0 aromatic heterocycles. The first-order valence-electron chi connectivity index (χ1n) is 8.47. The molecule has 2 fully saturated rings. The van der Waals surface area contributed by atoms with Crippen LogP contribution in [0.4, 0.5) is 5.69 Å². The Bertz CT molecular complexity index is 796. The van der Waals surface area contributed by atoms with Crippen LogP contribution in [0.25, 0.3) is 0 Å². The van der Waals surface area contributed by atoms with E-state index in [1.54, 1.807) is 11.0 Å². The number of rotatable bonds is 4. The standard InChI is InChI=1S/C20H21NO4/c1-11(2)10-15-20-9-8-14(25-20)16(19(23)24)17(20)18(22)21(15)13-6-4-12(3)5-7-13/h4-9,14-17H,1,10H2,2-3H3,(H,23,24)/p-1/t14-,15+,16+,17+,20-/m1/s1. The summed E-state index contributed by atoms with van der Waals surface area (Å²) in [5, 5.41) is 11.7. The maximum atomic E-state index is 13.3. The number of hydrogen-bond acceptors (Lipinski definition) is 4. The number of benzene rings is 1. The Balaban J connectivity index is 1.84. The number of hydrogen-bond donors (Lipinski definition) is 0. The van der Waals surface area contributed by atoms with Crippen molar-refractivity contribution in [3.05, 3.63) is 54.1 Å². The van der Waals surface area contributed by atoms with Gasteiger partial charge in [-0.1, -0.05) is 35.4 Å². The van der Waals surface area contributed by atoms with E-state index < -0.39 is 29.5 Å². The molecule has 1 spiro atoms. The highest BCUT2D eigenvalue weighted by atomic mass is 16.5. The van der Waals surface area contributed by atoms with Gasteiger partial charge in [-0.2, -0.15) is 0 Å². The van der Waals surface area contributed by atoms with E-state index in [0.717, 1.165) is 16.8 Å². The van der Waals surface area contributed by atoms with Gasteiger partial charge in [0.15, 0.2) is 0 Å². The van der Waals surface area contributed by atoms with Gasteiger partial charge in [0, 0.05) is 17.6 Å². The van der Waals surface area contributed by atoms with Gasteiger partial charge in [-0.05, 0) is 32.4 Å². The molecule has 0 radical (unpaired) electrons. The number of aryl methyl sites for hydroxylation is 1. The minimum absolute atomic E-state index is 0.212. The van der Waals surface area contributed by atoms with Crippen molar-refractivity contribution < 1.29 is 19.4 Å². The summed E-state index contributed by atoms with van der Waals surface area (Å²) in [6.07, 6.45) is 3.59. The molecule has 3 heterocycles. The third-order valence-corrected chi connectivity index (χ3v) is 5.55. The summed E-state index contributed by atoms with van der Waals surface area (Å²) in [5.74, 6) is -3.13. The Morgan fingerprint density at radius 3 is 2.64 bits per heavy atom. The lowest BCUT2D eigenvalue weighted by Crippen LogP contribution is -2.46. The monoisotopic (exact) mass is 338 g/mol. The maximum absolute atomic E-state index is 13.3. The Labute approximate surface area is 146 Å². The third-order valence-electron chi connectivity index (χ3n) is 5.55. The summed E-state index contributed by atoms with van der Waals surface area (Å²) in [7, 11) is 0. The van der Waals surface area contributed by atoms with Crippen LogP contribution in [0.15, 0.2) is 48.6 Å². The molecule has 0 N–H and O–H groups in total. The average Bonchev–Trinajstić information content (AvgIpc) is 3.18. The smallest absolute Gasteiger partial charge is 0.234 e. The number of fused-ring (bicyclic) bond motifs is 1. The first-order valence-corrected chi connectivity index (χ1v) is 8.47. The van der Waals surface area contributed by atoms with Gasteiger partial charge >= 0.3 is 0 Å². The minimum Gasteiger partial charge on any atom is -0.550 e. The molecule has 1 aromatic rings. The predicted octanol–water partition coefficient (Wildman–Crippen LogP) is 1.37. The molecule has 5 nitrogen and oxygen atoms in total. The molecule has 2 saturated heterocycles. The molecule has 25 heavy (non-hydrogen) atoms. The number of carboxylic acids is 1. The number of aliphatic carboxylic acids is 1. The molecule has 1 aromatic carbocycles. The number of ether oxygens (including phenoxy) is 1. The second kappa shape index (κ2) is 5.30. The highest BCUT2D eigenvalue weighted by Crippen LogP contribution is 2.56. The zero-order valence-corrected chi connectivity index (χ0v) is 14.3. The molecule has 1 amide bonds. The second-order valence-electron chi connectivity index (χ2n) is 7.34. The van der Waals surface area contributed by atoms with Crippen LogP contribution in [-0.4, -0.2) is 29.6 Å². The summed E-state index contributed by atoms with van der Waals surface area (Å²) >= 11 is 0. The van der Waals surface area contributed by atoms with Gasteiger partial charge in [0.25, 0.3) is 0 Å². The number of carboxylic acid groups (broad SMARTS) is 1. The summed E-state index contributed by atoms with van der Waals surface area (Å²) < 4.78 is 6.08. The fraction of sp³-hybridized carbons (Fsp3) is 0.400. The summed E-state index contributed by atoms with van der Waals surface area (Å²) in [6.45, 7) is 7.87. The fourth-order valence-electron chi connectivity index (χ4n) is 4.51. The van der Waals surface area contributed by atoms with Gasteiger partial charge in [0.2, 0.25) is 5.91 Å². The molecule has 3 aliphatic rings. The van der Waals surface area contributed by atoms with Crippen molar-refractivity contribution in [2.45, 2.75) is 38.0 Å². The molecule has 4 rings (SSSR count). The van der Waals surface area contributed by atoms with Crippen LogP contribution in [0, 0.1) is 18.8 Å². The van der Waals surface area contributed by atoms with Crippen LogP contribution in [0.1, 0.15) is 18.9 Å². The van der Waals surface area contributed by atoms with E-state index in [1.807, 2.05) is 44.2 Å². The Kier molecular flexibility index (Phi) is 3.41. The molecular weight excluding hydrogens is 318 g/mol. The Morgan fingerprint density at radius 2 is 2.04 bits per heavy atom. The summed E-state index contributed by atoms with van der Waals surface area (Å²) in [5.41, 5.74) is 1.84. The highest BCUT2D eigenvalue weighted by molar-refractivity contribution is 6.03. The van der Waals surface area contributed by atoms with Crippen LogP contribution in [0.3, 0.4) is 0 Å². The lowest BCUT2D eigenvalue weighted by molar-refractivity contribution is -0.313. The second-order valence-corrected chi connectivity index (χ2v) is 7.34. The number of carbonyl (C=O) groups excluding carboxylic acids is 2. The molecule has 5 atom stereocenters. The van der Waals surface area contributed by atoms with E-state index >= 15 is 0 Å². The van der Waals surface area contributed by atoms with Crippen molar-refractivity contribution in [2.24, 2.45) is 11.8 Å². The van der Waals surface area contributed by atoms with E-state index in [1.165, 1.54) is 0 Å². The first-order chi connectivity index (χ1) is 11.8. The SMILES string of the molecule is C=C(C)C[C@@H]1N(c2ccc(C)cc2)C(=O)[C@@H]2[C@@H](C(=O)[O-])[C@H]3C=C[C@]21O3. The third kappa shape index (κ3) is 2.12.